The Hall–Kier alpha value is -3.12. The first-order valence-corrected chi connectivity index (χ1v) is 13.8. The van der Waals surface area contributed by atoms with Crippen molar-refractivity contribution in [1.82, 2.24) is 19.9 Å². The van der Waals surface area contributed by atoms with Gasteiger partial charge in [0, 0.05) is 23.6 Å². The number of benzene rings is 2. The number of hydrogen-bond donors (Lipinski definition) is 1. The fourth-order valence-corrected chi connectivity index (χ4v) is 6.11. The highest BCUT2D eigenvalue weighted by atomic mass is 32.2. The molecule has 0 radical (unpaired) electrons. The van der Waals surface area contributed by atoms with Gasteiger partial charge in [-0.15, -0.1) is 0 Å². The summed E-state index contributed by atoms with van der Waals surface area (Å²) in [5.74, 6) is 2.00. The summed E-state index contributed by atoms with van der Waals surface area (Å²) >= 11 is 1.72. The van der Waals surface area contributed by atoms with Crippen LogP contribution < -0.4 is 5.32 Å². The number of nitrogens with one attached hydrogen (secondary N) is 1. The van der Waals surface area contributed by atoms with Crippen molar-refractivity contribution in [3.8, 4) is 0 Å². The van der Waals surface area contributed by atoms with Crippen LogP contribution in [0, 0.1) is 18.8 Å². The number of amides is 1. The van der Waals surface area contributed by atoms with Crippen LogP contribution in [0.2, 0.25) is 0 Å². The van der Waals surface area contributed by atoms with E-state index in [0.717, 1.165) is 40.5 Å². The number of rotatable bonds is 7. The number of aryl methyl sites for hydroxylation is 1. The van der Waals surface area contributed by atoms with E-state index >= 15 is 0 Å². The van der Waals surface area contributed by atoms with Gasteiger partial charge in [-0.05, 0) is 54.5 Å². The minimum absolute atomic E-state index is 0.0348. The largest absolute Gasteiger partial charge is 0.349 e. The number of carbonyl (C=O) groups excluding carboxylic acids is 1. The molecule has 3 atom stereocenters. The summed E-state index contributed by atoms with van der Waals surface area (Å²) in [6, 6.07) is 18.8. The molecule has 0 bridgehead atoms. The van der Waals surface area contributed by atoms with Crippen LogP contribution in [0.1, 0.15) is 60.2 Å². The molecule has 4 aromatic rings. The molecule has 2 aromatic heterocycles. The van der Waals surface area contributed by atoms with Crippen LogP contribution in [-0.2, 0) is 12.3 Å². The van der Waals surface area contributed by atoms with E-state index in [0.29, 0.717) is 11.8 Å². The number of nitrogens with zero attached hydrogens (tertiary/aromatic N) is 3. The van der Waals surface area contributed by atoms with Gasteiger partial charge in [-0.3, -0.25) is 9.78 Å². The highest BCUT2D eigenvalue weighted by Crippen LogP contribution is 2.30. The summed E-state index contributed by atoms with van der Waals surface area (Å²) < 4.78 is 2.25. The smallest absolute Gasteiger partial charge is 0.251 e. The van der Waals surface area contributed by atoms with Crippen LogP contribution in [-0.4, -0.2) is 26.5 Å². The number of pyridine rings is 1. The standard InChI is InChI=1S/C30H34N4OS/c1-20-6-4-8-24(16-20)18-34-28-17-31-15-14-27(28)33-30(34)36-19-23-10-12-25(13-11-23)29(35)32-26-9-5-7-21(2)22(26)3/h4,6,8,10-17,21-22,26H,5,7,9,18-19H2,1-3H3,(H,32,35)/t21-,22+,26+/m0/s1. The first-order valence-electron chi connectivity index (χ1n) is 12.9. The van der Waals surface area contributed by atoms with Gasteiger partial charge in [-0.1, -0.05) is 80.4 Å². The predicted molar refractivity (Wildman–Crippen MR) is 147 cm³/mol. The molecule has 0 saturated heterocycles. The molecule has 5 nitrogen and oxygen atoms in total. The fraction of sp³-hybridized carbons (Fsp3) is 0.367. The van der Waals surface area contributed by atoms with E-state index in [2.05, 4.69) is 72.0 Å². The molecule has 186 valence electrons. The lowest BCUT2D eigenvalue weighted by molar-refractivity contribution is 0.0891. The van der Waals surface area contributed by atoms with Gasteiger partial charge >= 0.3 is 0 Å². The molecular formula is C30H34N4OS. The third-order valence-electron chi connectivity index (χ3n) is 7.55. The van der Waals surface area contributed by atoms with Crippen molar-refractivity contribution in [1.29, 1.82) is 0 Å². The van der Waals surface area contributed by atoms with Crippen molar-refractivity contribution in [2.24, 2.45) is 11.8 Å². The van der Waals surface area contributed by atoms with Crippen LogP contribution in [0.15, 0.2) is 72.1 Å². The Kier molecular flexibility index (Phi) is 7.42. The zero-order chi connectivity index (χ0) is 25.1. The molecule has 5 rings (SSSR count). The van der Waals surface area contributed by atoms with Gasteiger partial charge in [0.05, 0.1) is 23.8 Å². The molecule has 0 spiro atoms. The van der Waals surface area contributed by atoms with Crippen molar-refractivity contribution in [3.63, 3.8) is 0 Å². The average molecular weight is 499 g/mol. The first kappa shape index (κ1) is 24.6. The summed E-state index contributed by atoms with van der Waals surface area (Å²) in [4.78, 5) is 22.1. The molecule has 2 aromatic carbocycles. The molecule has 6 heteroatoms. The molecule has 0 aliphatic heterocycles. The van der Waals surface area contributed by atoms with Crippen molar-refractivity contribution in [2.75, 3.05) is 0 Å². The van der Waals surface area contributed by atoms with E-state index in [9.17, 15) is 4.79 Å². The number of aromatic nitrogens is 3. The molecule has 1 amide bonds. The normalized spacial score (nSPS) is 19.9. The molecule has 1 N–H and O–H groups in total. The summed E-state index contributed by atoms with van der Waals surface area (Å²) in [7, 11) is 0. The fourth-order valence-electron chi connectivity index (χ4n) is 5.14. The molecular weight excluding hydrogens is 464 g/mol. The predicted octanol–water partition coefficient (Wildman–Crippen LogP) is 6.63. The van der Waals surface area contributed by atoms with Crippen LogP contribution in [0.25, 0.3) is 11.0 Å². The molecule has 2 heterocycles. The van der Waals surface area contributed by atoms with Crippen LogP contribution in [0.3, 0.4) is 0 Å². The lowest BCUT2D eigenvalue weighted by Crippen LogP contribution is -2.43. The zero-order valence-corrected chi connectivity index (χ0v) is 22.1. The second-order valence-corrected chi connectivity index (χ2v) is 11.1. The second kappa shape index (κ2) is 10.9. The Bertz CT molecular complexity index is 1350. The van der Waals surface area contributed by atoms with Crippen molar-refractivity contribution >= 4 is 28.7 Å². The topological polar surface area (TPSA) is 59.8 Å². The lowest BCUT2D eigenvalue weighted by Gasteiger charge is -2.34. The zero-order valence-electron chi connectivity index (χ0n) is 21.3. The number of carbonyl (C=O) groups is 1. The number of thioether (sulfide) groups is 1. The van der Waals surface area contributed by atoms with E-state index in [1.807, 2.05) is 24.4 Å². The molecule has 1 fully saturated rings. The SMILES string of the molecule is Cc1cccc(Cn2c(SCc3ccc(C(=O)N[C@@H]4CCC[C@H](C)[C@H]4C)cc3)nc3ccncc32)c1. The number of fused-ring (bicyclic) bond motifs is 1. The molecule has 1 aliphatic carbocycles. The minimum atomic E-state index is 0.0348. The Labute approximate surface area is 217 Å². The van der Waals surface area contributed by atoms with E-state index in [4.69, 9.17) is 4.98 Å². The maximum Gasteiger partial charge on any atom is 0.251 e. The minimum Gasteiger partial charge on any atom is -0.349 e. The first-order chi connectivity index (χ1) is 17.5. The van der Waals surface area contributed by atoms with Gasteiger partial charge in [-0.2, -0.15) is 0 Å². The molecule has 36 heavy (non-hydrogen) atoms. The highest BCUT2D eigenvalue weighted by Gasteiger charge is 2.28. The van der Waals surface area contributed by atoms with E-state index in [-0.39, 0.29) is 11.9 Å². The van der Waals surface area contributed by atoms with Crippen molar-refractivity contribution in [2.45, 2.75) is 63.5 Å². The van der Waals surface area contributed by atoms with E-state index in [1.165, 1.54) is 29.5 Å². The summed E-state index contributed by atoms with van der Waals surface area (Å²) in [5, 5.41) is 4.25. The summed E-state index contributed by atoms with van der Waals surface area (Å²) in [5.41, 5.74) is 6.39. The molecule has 1 aliphatic rings. The third kappa shape index (κ3) is 5.49. The summed E-state index contributed by atoms with van der Waals surface area (Å²) in [6.45, 7) is 7.43. The second-order valence-electron chi connectivity index (χ2n) is 10.2. The Morgan fingerprint density at radius 1 is 1.08 bits per heavy atom. The van der Waals surface area contributed by atoms with Crippen molar-refractivity contribution < 1.29 is 4.79 Å². The van der Waals surface area contributed by atoms with Crippen LogP contribution in [0.5, 0.6) is 0 Å². The maximum absolute atomic E-state index is 12.9. The Morgan fingerprint density at radius 3 is 2.72 bits per heavy atom. The average Bonchev–Trinajstić information content (AvgIpc) is 3.23. The highest BCUT2D eigenvalue weighted by molar-refractivity contribution is 7.98. The quantitative estimate of drug-likeness (QED) is 0.290. The molecule has 1 saturated carbocycles. The maximum atomic E-state index is 12.9. The Balaban J connectivity index is 1.27. The number of imidazole rings is 1. The Morgan fingerprint density at radius 2 is 1.92 bits per heavy atom. The van der Waals surface area contributed by atoms with Crippen LogP contribution in [0.4, 0.5) is 0 Å². The van der Waals surface area contributed by atoms with Gasteiger partial charge in [0.15, 0.2) is 5.16 Å². The van der Waals surface area contributed by atoms with Gasteiger partial charge in [-0.25, -0.2) is 4.98 Å². The van der Waals surface area contributed by atoms with Crippen molar-refractivity contribution in [3.05, 3.63) is 89.2 Å². The third-order valence-corrected chi connectivity index (χ3v) is 8.59. The lowest BCUT2D eigenvalue weighted by atomic mass is 9.78. The van der Waals surface area contributed by atoms with Gasteiger partial charge < -0.3 is 9.88 Å². The van der Waals surface area contributed by atoms with E-state index in [1.54, 1.807) is 18.0 Å². The van der Waals surface area contributed by atoms with Gasteiger partial charge in [0.2, 0.25) is 0 Å². The van der Waals surface area contributed by atoms with E-state index < -0.39 is 0 Å². The van der Waals surface area contributed by atoms with Gasteiger partial charge in [0.1, 0.15) is 0 Å². The monoisotopic (exact) mass is 498 g/mol. The van der Waals surface area contributed by atoms with Gasteiger partial charge in [0.25, 0.3) is 5.91 Å². The van der Waals surface area contributed by atoms with Crippen LogP contribution >= 0.6 is 11.8 Å². The molecule has 0 unspecified atom stereocenters. The number of hydrogen-bond acceptors (Lipinski definition) is 4. The summed E-state index contributed by atoms with van der Waals surface area (Å²) in [6.07, 6.45) is 7.21.